The molecule has 0 aromatic heterocycles. The molecule has 0 spiro atoms. The van der Waals surface area contributed by atoms with E-state index < -0.39 is 16.9 Å². The molecule has 7 heteroatoms. The number of rotatable bonds is 6. The number of carbonyl (C=O) groups is 1. The van der Waals surface area contributed by atoms with Gasteiger partial charge in [0, 0.05) is 12.1 Å². The van der Waals surface area contributed by atoms with Crippen molar-refractivity contribution in [1.29, 1.82) is 0 Å². The molecule has 0 fully saturated rings. The minimum absolute atomic E-state index is 0.0542. The molecule has 1 atom stereocenters. The van der Waals surface area contributed by atoms with E-state index in [-0.39, 0.29) is 11.4 Å². The van der Waals surface area contributed by atoms with Gasteiger partial charge in [-0.3, -0.25) is 10.1 Å². The van der Waals surface area contributed by atoms with Crippen molar-refractivity contribution in [2.75, 3.05) is 12.0 Å². The molecule has 18 heavy (non-hydrogen) atoms. The van der Waals surface area contributed by atoms with Gasteiger partial charge in [0.2, 0.25) is 0 Å². The molecular formula is C11H14N2O4S. The lowest BCUT2D eigenvalue weighted by atomic mass is 10.2. The van der Waals surface area contributed by atoms with Gasteiger partial charge in [-0.05, 0) is 30.6 Å². The Bertz CT molecular complexity index is 422. The van der Waals surface area contributed by atoms with Gasteiger partial charge in [0.25, 0.3) is 5.69 Å². The fourth-order valence-corrected chi connectivity index (χ4v) is 1.68. The summed E-state index contributed by atoms with van der Waals surface area (Å²) in [7, 11) is 0. The highest BCUT2D eigenvalue weighted by molar-refractivity contribution is 7.98. The van der Waals surface area contributed by atoms with Crippen molar-refractivity contribution in [1.82, 2.24) is 0 Å². The van der Waals surface area contributed by atoms with Gasteiger partial charge < -0.3 is 10.5 Å². The normalized spacial score (nSPS) is 11.9. The molecule has 0 heterocycles. The van der Waals surface area contributed by atoms with E-state index in [0.29, 0.717) is 6.42 Å². The highest BCUT2D eigenvalue weighted by Gasteiger charge is 2.15. The Balaban J connectivity index is 2.56. The predicted molar refractivity (Wildman–Crippen MR) is 69.7 cm³/mol. The van der Waals surface area contributed by atoms with E-state index in [1.165, 1.54) is 24.3 Å². The third-order valence-electron chi connectivity index (χ3n) is 2.20. The zero-order valence-electron chi connectivity index (χ0n) is 9.87. The molecule has 0 amide bonds. The predicted octanol–water partition coefficient (Wildman–Crippen LogP) is 1.58. The van der Waals surface area contributed by atoms with Crippen LogP contribution in [0.4, 0.5) is 5.69 Å². The van der Waals surface area contributed by atoms with Gasteiger partial charge in [0.15, 0.2) is 0 Å². The number of nitro benzene ring substituents is 1. The van der Waals surface area contributed by atoms with Crippen molar-refractivity contribution in [2.24, 2.45) is 5.73 Å². The summed E-state index contributed by atoms with van der Waals surface area (Å²) in [4.78, 5) is 21.5. The number of carbonyl (C=O) groups excluding carboxylic acids is 1. The van der Waals surface area contributed by atoms with Crippen LogP contribution in [0.3, 0.4) is 0 Å². The van der Waals surface area contributed by atoms with Crippen LogP contribution in [0.25, 0.3) is 0 Å². The van der Waals surface area contributed by atoms with Crippen LogP contribution in [0.2, 0.25) is 0 Å². The summed E-state index contributed by atoms with van der Waals surface area (Å²) in [5.74, 6) is 0.499. The molecule has 0 saturated carbocycles. The van der Waals surface area contributed by atoms with Crippen molar-refractivity contribution >= 4 is 23.4 Å². The summed E-state index contributed by atoms with van der Waals surface area (Å²) in [6, 6.07) is 4.62. The van der Waals surface area contributed by atoms with Crippen molar-refractivity contribution < 1.29 is 14.5 Å². The van der Waals surface area contributed by atoms with Gasteiger partial charge in [-0.15, -0.1) is 0 Å². The van der Waals surface area contributed by atoms with E-state index in [4.69, 9.17) is 10.5 Å². The summed E-state index contributed by atoms with van der Waals surface area (Å²) in [5.41, 5.74) is 5.58. The second-order valence-corrected chi connectivity index (χ2v) is 4.55. The quantitative estimate of drug-likeness (QED) is 0.365. The Labute approximate surface area is 109 Å². The number of hydrogen-bond acceptors (Lipinski definition) is 6. The van der Waals surface area contributed by atoms with E-state index in [1.54, 1.807) is 11.8 Å². The van der Waals surface area contributed by atoms with Crippen LogP contribution in [0, 0.1) is 10.1 Å². The minimum atomic E-state index is -0.673. The lowest BCUT2D eigenvalue weighted by Crippen LogP contribution is -2.34. The lowest BCUT2D eigenvalue weighted by molar-refractivity contribution is -0.384. The molecule has 0 aliphatic carbocycles. The first-order valence-corrected chi connectivity index (χ1v) is 6.64. The van der Waals surface area contributed by atoms with E-state index >= 15 is 0 Å². The van der Waals surface area contributed by atoms with Crippen LogP contribution in [0.5, 0.6) is 5.75 Å². The molecule has 0 aliphatic rings. The number of benzene rings is 1. The number of nitro groups is 1. The molecule has 6 nitrogen and oxygen atoms in total. The summed E-state index contributed by atoms with van der Waals surface area (Å²) >= 11 is 1.60. The minimum Gasteiger partial charge on any atom is -0.425 e. The highest BCUT2D eigenvalue weighted by Crippen LogP contribution is 2.17. The third-order valence-corrected chi connectivity index (χ3v) is 2.85. The fraction of sp³-hybridized carbons (Fsp3) is 0.364. The maximum Gasteiger partial charge on any atom is 0.328 e. The molecule has 0 saturated heterocycles. The third kappa shape index (κ3) is 4.34. The first kappa shape index (κ1) is 14.5. The second-order valence-electron chi connectivity index (χ2n) is 3.56. The maximum absolute atomic E-state index is 11.5. The Hall–Kier alpha value is -1.60. The molecule has 0 aliphatic heterocycles. The summed E-state index contributed by atoms with van der Waals surface area (Å²) in [6.07, 6.45) is 2.46. The average Bonchev–Trinajstić information content (AvgIpc) is 2.36. The number of hydrogen-bond donors (Lipinski definition) is 1. The molecule has 2 N–H and O–H groups in total. The Morgan fingerprint density at radius 3 is 2.61 bits per heavy atom. The highest BCUT2D eigenvalue weighted by atomic mass is 32.2. The number of thioether (sulfide) groups is 1. The fourth-order valence-electron chi connectivity index (χ4n) is 1.19. The number of nitrogens with zero attached hydrogens (tertiary/aromatic N) is 1. The summed E-state index contributed by atoms with van der Waals surface area (Å²) in [5, 5.41) is 10.4. The van der Waals surface area contributed by atoms with Crippen molar-refractivity contribution in [3.8, 4) is 5.75 Å². The van der Waals surface area contributed by atoms with Crippen LogP contribution in [0.15, 0.2) is 24.3 Å². The van der Waals surface area contributed by atoms with Gasteiger partial charge in [0.1, 0.15) is 11.8 Å². The standard InChI is InChI=1S/C11H14N2O4S/c1-18-7-6-10(12)11(14)17-9-4-2-8(3-5-9)13(15)16/h2-5,10H,6-7,12H2,1H3/t10-/m0/s1. The van der Waals surface area contributed by atoms with Crippen molar-refractivity contribution in [2.45, 2.75) is 12.5 Å². The monoisotopic (exact) mass is 270 g/mol. The zero-order valence-corrected chi connectivity index (χ0v) is 10.7. The maximum atomic E-state index is 11.5. The average molecular weight is 270 g/mol. The van der Waals surface area contributed by atoms with E-state index in [1.807, 2.05) is 6.26 Å². The summed E-state index contributed by atoms with van der Waals surface area (Å²) in [6.45, 7) is 0. The van der Waals surface area contributed by atoms with Crippen LogP contribution in [-0.4, -0.2) is 28.9 Å². The molecule has 0 unspecified atom stereocenters. The zero-order chi connectivity index (χ0) is 13.5. The van der Waals surface area contributed by atoms with E-state index in [0.717, 1.165) is 5.75 Å². The van der Waals surface area contributed by atoms with Crippen LogP contribution in [0.1, 0.15) is 6.42 Å². The smallest absolute Gasteiger partial charge is 0.328 e. The Morgan fingerprint density at radius 2 is 2.11 bits per heavy atom. The van der Waals surface area contributed by atoms with Gasteiger partial charge in [0.05, 0.1) is 4.92 Å². The number of esters is 1. The van der Waals surface area contributed by atoms with Gasteiger partial charge in [-0.2, -0.15) is 11.8 Å². The second kappa shape index (κ2) is 6.97. The van der Waals surface area contributed by atoms with Gasteiger partial charge >= 0.3 is 5.97 Å². The molecule has 1 aromatic rings. The van der Waals surface area contributed by atoms with Crippen molar-refractivity contribution in [3.05, 3.63) is 34.4 Å². The summed E-state index contributed by atoms with van der Waals surface area (Å²) < 4.78 is 5.01. The Kier molecular flexibility index (Phi) is 5.60. The first-order valence-electron chi connectivity index (χ1n) is 5.25. The first-order chi connectivity index (χ1) is 8.54. The molecule has 0 radical (unpaired) electrons. The van der Waals surface area contributed by atoms with Crippen LogP contribution in [-0.2, 0) is 4.79 Å². The topological polar surface area (TPSA) is 95.5 Å². The van der Waals surface area contributed by atoms with Crippen molar-refractivity contribution in [3.63, 3.8) is 0 Å². The Morgan fingerprint density at radius 1 is 1.50 bits per heavy atom. The van der Waals surface area contributed by atoms with E-state index in [9.17, 15) is 14.9 Å². The lowest BCUT2D eigenvalue weighted by Gasteiger charge is -2.10. The molecule has 0 bridgehead atoms. The number of non-ortho nitro benzene ring substituents is 1. The number of ether oxygens (including phenoxy) is 1. The molecule has 1 aromatic carbocycles. The molecule has 98 valence electrons. The van der Waals surface area contributed by atoms with Crippen LogP contribution >= 0.6 is 11.8 Å². The molecular weight excluding hydrogens is 256 g/mol. The van der Waals surface area contributed by atoms with Crippen LogP contribution < -0.4 is 10.5 Å². The number of nitrogens with two attached hydrogens (primary N) is 1. The van der Waals surface area contributed by atoms with Gasteiger partial charge in [-0.25, -0.2) is 4.79 Å². The van der Waals surface area contributed by atoms with E-state index in [2.05, 4.69) is 0 Å². The largest absolute Gasteiger partial charge is 0.425 e. The SMILES string of the molecule is CSCC[C@H](N)C(=O)Oc1ccc([N+](=O)[O-])cc1. The van der Waals surface area contributed by atoms with Gasteiger partial charge in [-0.1, -0.05) is 0 Å². The molecule has 1 rings (SSSR count).